The van der Waals surface area contributed by atoms with E-state index in [4.69, 9.17) is 0 Å². The van der Waals surface area contributed by atoms with Gasteiger partial charge in [-0.2, -0.15) is 8.78 Å². The van der Waals surface area contributed by atoms with Crippen molar-refractivity contribution < 1.29 is 22.3 Å². The van der Waals surface area contributed by atoms with Gasteiger partial charge in [0.25, 0.3) is 0 Å². The summed E-state index contributed by atoms with van der Waals surface area (Å²) in [5, 5.41) is 12.8. The molecule has 118 valence electrons. The minimum absolute atomic E-state index is 0.106. The molecule has 1 atom stereocenters. The summed E-state index contributed by atoms with van der Waals surface area (Å²) in [6, 6.07) is 5.53. The molecule has 2 N–H and O–H groups in total. The van der Waals surface area contributed by atoms with Gasteiger partial charge in [-0.25, -0.2) is 8.42 Å². The molecular formula is C14H19F2NO3S. The van der Waals surface area contributed by atoms with Crippen LogP contribution in [0.15, 0.2) is 29.2 Å². The molecule has 0 aromatic heterocycles. The zero-order valence-corrected chi connectivity index (χ0v) is 12.3. The molecule has 0 bridgehead atoms. The monoisotopic (exact) mass is 319 g/mol. The van der Waals surface area contributed by atoms with E-state index in [1.807, 2.05) is 0 Å². The first-order chi connectivity index (χ1) is 9.93. The fourth-order valence-corrected chi connectivity index (χ4v) is 3.59. The normalized spacial score (nSPS) is 18.1. The number of rotatable bonds is 6. The molecule has 1 unspecified atom stereocenters. The van der Waals surface area contributed by atoms with Crippen LogP contribution in [0.25, 0.3) is 0 Å². The summed E-state index contributed by atoms with van der Waals surface area (Å²) in [6.07, 6.45) is 3.45. The Bertz CT molecular complexity index is 571. The van der Waals surface area contributed by atoms with Gasteiger partial charge < -0.3 is 10.4 Å². The van der Waals surface area contributed by atoms with Gasteiger partial charge in [-0.15, -0.1) is 0 Å². The van der Waals surface area contributed by atoms with Crippen LogP contribution >= 0.6 is 0 Å². The number of benzene rings is 1. The van der Waals surface area contributed by atoms with E-state index >= 15 is 0 Å². The predicted octanol–water partition coefficient (Wildman–Crippen LogP) is 2.65. The maximum absolute atomic E-state index is 12.7. The minimum Gasteiger partial charge on any atom is -0.391 e. The first-order valence-corrected chi connectivity index (χ1v) is 8.50. The molecule has 2 rings (SSSR count). The summed E-state index contributed by atoms with van der Waals surface area (Å²) in [7, 11) is -4.65. The van der Waals surface area contributed by atoms with Crippen LogP contribution in [0.1, 0.15) is 25.7 Å². The van der Waals surface area contributed by atoms with Gasteiger partial charge in [0, 0.05) is 6.54 Å². The highest BCUT2D eigenvalue weighted by Gasteiger charge is 2.29. The summed E-state index contributed by atoms with van der Waals surface area (Å²) < 4.78 is 48.5. The molecule has 0 spiro atoms. The molecule has 0 amide bonds. The highest BCUT2D eigenvalue weighted by Crippen LogP contribution is 2.29. The van der Waals surface area contributed by atoms with Crippen LogP contribution in [0.2, 0.25) is 0 Å². The molecule has 7 heteroatoms. The van der Waals surface area contributed by atoms with Crippen molar-refractivity contribution in [3.63, 3.8) is 0 Å². The number of nitrogens with one attached hydrogen (secondary N) is 1. The van der Waals surface area contributed by atoms with Crippen molar-refractivity contribution in [3.8, 4) is 0 Å². The number of halogens is 2. The minimum atomic E-state index is -4.65. The molecule has 1 aliphatic carbocycles. The van der Waals surface area contributed by atoms with E-state index in [0.29, 0.717) is 0 Å². The Morgan fingerprint density at radius 3 is 2.48 bits per heavy atom. The van der Waals surface area contributed by atoms with Crippen molar-refractivity contribution in [2.24, 2.45) is 5.92 Å². The molecule has 21 heavy (non-hydrogen) atoms. The number of alkyl halides is 2. The SMILES string of the molecule is O=S(=O)(c1ccccc1NCC(O)C1CCCC1)C(F)F. The van der Waals surface area contributed by atoms with Crippen LogP contribution in [-0.2, 0) is 9.84 Å². The van der Waals surface area contributed by atoms with Gasteiger partial charge in [0.05, 0.1) is 16.7 Å². The molecule has 1 saturated carbocycles. The average Bonchev–Trinajstić information content (AvgIpc) is 2.99. The van der Waals surface area contributed by atoms with Crippen molar-refractivity contribution in [2.75, 3.05) is 11.9 Å². The lowest BCUT2D eigenvalue weighted by Crippen LogP contribution is -2.27. The molecule has 1 aliphatic rings. The topological polar surface area (TPSA) is 66.4 Å². The molecule has 1 fully saturated rings. The highest BCUT2D eigenvalue weighted by molar-refractivity contribution is 7.91. The van der Waals surface area contributed by atoms with Crippen molar-refractivity contribution in [2.45, 2.75) is 42.4 Å². The number of aliphatic hydroxyl groups is 1. The average molecular weight is 319 g/mol. The second-order valence-electron chi connectivity index (χ2n) is 5.29. The number of anilines is 1. The van der Waals surface area contributed by atoms with Gasteiger partial charge in [-0.3, -0.25) is 0 Å². The third kappa shape index (κ3) is 3.71. The van der Waals surface area contributed by atoms with Gasteiger partial charge in [0.2, 0.25) is 9.84 Å². The summed E-state index contributed by atoms with van der Waals surface area (Å²) in [5.41, 5.74) is 0.106. The Hall–Kier alpha value is -1.21. The fourth-order valence-electron chi connectivity index (χ4n) is 2.68. The van der Waals surface area contributed by atoms with Crippen LogP contribution in [0.4, 0.5) is 14.5 Å². The van der Waals surface area contributed by atoms with Crippen molar-refractivity contribution in [1.29, 1.82) is 0 Å². The first-order valence-electron chi connectivity index (χ1n) is 6.96. The lowest BCUT2D eigenvalue weighted by molar-refractivity contribution is 0.123. The van der Waals surface area contributed by atoms with E-state index in [9.17, 15) is 22.3 Å². The molecule has 0 radical (unpaired) electrons. The van der Waals surface area contributed by atoms with Crippen LogP contribution in [0.3, 0.4) is 0 Å². The molecule has 0 heterocycles. The maximum Gasteiger partial charge on any atom is 0.341 e. The molecule has 1 aromatic carbocycles. The van der Waals surface area contributed by atoms with E-state index in [1.54, 1.807) is 6.07 Å². The number of para-hydroxylation sites is 1. The molecular weight excluding hydrogens is 300 g/mol. The van der Waals surface area contributed by atoms with Gasteiger partial charge >= 0.3 is 5.76 Å². The molecule has 1 aromatic rings. The van der Waals surface area contributed by atoms with Gasteiger partial charge in [-0.1, -0.05) is 25.0 Å². The van der Waals surface area contributed by atoms with Crippen LogP contribution < -0.4 is 5.32 Å². The fraction of sp³-hybridized carbons (Fsp3) is 0.571. The quantitative estimate of drug-likeness (QED) is 0.846. The van der Waals surface area contributed by atoms with E-state index in [0.717, 1.165) is 31.7 Å². The Balaban J connectivity index is 2.10. The van der Waals surface area contributed by atoms with E-state index in [-0.39, 0.29) is 18.2 Å². The number of hydrogen-bond acceptors (Lipinski definition) is 4. The molecule has 0 saturated heterocycles. The second-order valence-corrected chi connectivity index (χ2v) is 7.18. The highest BCUT2D eigenvalue weighted by atomic mass is 32.2. The lowest BCUT2D eigenvalue weighted by Gasteiger charge is -2.20. The number of aliphatic hydroxyl groups excluding tert-OH is 1. The van der Waals surface area contributed by atoms with Crippen LogP contribution in [-0.4, -0.2) is 31.9 Å². The lowest BCUT2D eigenvalue weighted by atomic mass is 10.0. The Kier molecular flexibility index (Phi) is 5.16. The summed E-state index contributed by atoms with van der Waals surface area (Å²) in [5.74, 6) is -3.27. The van der Waals surface area contributed by atoms with E-state index in [1.165, 1.54) is 12.1 Å². The van der Waals surface area contributed by atoms with Crippen molar-refractivity contribution >= 4 is 15.5 Å². The Labute approximate surface area is 123 Å². The molecule has 4 nitrogen and oxygen atoms in total. The zero-order chi connectivity index (χ0) is 15.5. The number of hydrogen-bond donors (Lipinski definition) is 2. The van der Waals surface area contributed by atoms with Crippen molar-refractivity contribution in [3.05, 3.63) is 24.3 Å². The first kappa shape index (κ1) is 16.2. The largest absolute Gasteiger partial charge is 0.391 e. The van der Waals surface area contributed by atoms with Gasteiger partial charge in [-0.05, 0) is 30.9 Å². The Morgan fingerprint density at radius 1 is 1.24 bits per heavy atom. The second kappa shape index (κ2) is 6.70. The van der Waals surface area contributed by atoms with Crippen molar-refractivity contribution in [1.82, 2.24) is 0 Å². The van der Waals surface area contributed by atoms with Crippen LogP contribution in [0, 0.1) is 5.92 Å². The van der Waals surface area contributed by atoms with E-state index in [2.05, 4.69) is 5.32 Å². The third-order valence-corrected chi connectivity index (χ3v) is 5.31. The molecule has 0 aliphatic heterocycles. The number of sulfone groups is 1. The van der Waals surface area contributed by atoms with Crippen LogP contribution in [0.5, 0.6) is 0 Å². The van der Waals surface area contributed by atoms with Gasteiger partial charge in [0.1, 0.15) is 0 Å². The predicted molar refractivity (Wildman–Crippen MR) is 76.1 cm³/mol. The standard InChI is InChI=1S/C14H19F2NO3S/c15-14(16)21(19,20)13-8-4-3-7-11(13)17-9-12(18)10-5-1-2-6-10/h3-4,7-8,10,12,14,17-18H,1-2,5-6,9H2. The smallest absolute Gasteiger partial charge is 0.341 e. The third-order valence-electron chi connectivity index (χ3n) is 3.87. The summed E-state index contributed by atoms with van der Waals surface area (Å²) in [6.45, 7) is 0.153. The summed E-state index contributed by atoms with van der Waals surface area (Å²) in [4.78, 5) is -0.432. The maximum atomic E-state index is 12.7. The van der Waals surface area contributed by atoms with E-state index < -0.39 is 26.6 Å². The zero-order valence-electron chi connectivity index (χ0n) is 11.5. The Morgan fingerprint density at radius 2 is 1.86 bits per heavy atom. The van der Waals surface area contributed by atoms with Gasteiger partial charge in [0.15, 0.2) is 0 Å². The summed E-state index contributed by atoms with van der Waals surface area (Å²) >= 11 is 0.